The van der Waals surface area contributed by atoms with Gasteiger partial charge in [0.2, 0.25) is 6.10 Å². The molecule has 1 aromatic heterocycles. The van der Waals surface area contributed by atoms with E-state index in [2.05, 4.69) is 10.3 Å². The maximum Gasteiger partial charge on any atom is 0.415 e. The van der Waals surface area contributed by atoms with Gasteiger partial charge in [0.15, 0.2) is 0 Å². The summed E-state index contributed by atoms with van der Waals surface area (Å²) in [5, 5.41) is 2.07. The van der Waals surface area contributed by atoms with Gasteiger partial charge in [-0.2, -0.15) is 0 Å². The third-order valence-electron chi connectivity index (χ3n) is 2.04. The van der Waals surface area contributed by atoms with Crippen molar-refractivity contribution in [1.29, 1.82) is 0 Å². The number of carbonyl (C=O) groups is 2. The van der Waals surface area contributed by atoms with E-state index in [0.29, 0.717) is 12.2 Å². The van der Waals surface area contributed by atoms with Gasteiger partial charge in [-0.05, 0) is 6.92 Å². The Morgan fingerprint density at radius 3 is 3.00 bits per heavy atom. The fraction of sp³-hybridized carbons (Fsp3) is 0.375. The summed E-state index contributed by atoms with van der Waals surface area (Å²) in [6, 6.07) is 0. The van der Waals surface area contributed by atoms with Crippen molar-refractivity contribution < 1.29 is 14.3 Å². The summed E-state index contributed by atoms with van der Waals surface area (Å²) in [6.45, 7) is 2.59. The number of ether oxygens (including phenoxy) is 1. The summed E-state index contributed by atoms with van der Waals surface area (Å²) in [6.07, 6.45) is 1.55. The molecule has 2 heterocycles. The van der Waals surface area contributed by atoms with Crippen LogP contribution >= 0.6 is 0 Å². The predicted octanol–water partition coefficient (Wildman–Crippen LogP) is 0.210. The van der Waals surface area contributed by atoms with Gasteiger partial charge in [0.25, 0.3) is 5.91 Å². The van der Waals surface area contributed by atoms with E-state index in [1.165, 1.54) is 6.20 Å². The zero-order chi connectivity index (χ0) is 10.1. The zero-order valence-corrected chi connectivity index (χ0v) is 7.56. The van der Waals surface area contributed by atoms with Gasteiger partial charge in [0, 0.05) is 6.54 Å². The van der Waals surface area contributed by atoms with Crippen LogP contribution in [0.25, 0.3) is 0 Å². The zero-order valence-electron chi connectivity index (χ0n) is 7.56. The van der Waals surface area contributed by atoms with Crippen molar-refractivity contribution in [1.82, 2.24) is 14.9 Å². The SMILES string of the molecule is CCn1cncc1C1OC(=O)NC1=O. The molecule has 1 unspecified atom stereocenters. The van der Waals surface area contributed by atoms with Crippen molar-refractivity contribution in [2.45, 2.75) is 19.6 Å². The highest BCUT2D eigenvalue weighted by Gasteiger charge is 2.35. The van der Waals surface area contributed by atoms with E-state index in [0.717, 1.165) is 0 Å². The van der Waals surface area contributed by atoms with Gasteiger partial charge in [0.05, 0.1) is 18.2 Å². The van der Waals surface area contributed by atoms with Crippen LogP contribution in [0, 0.1) is 0 Å². The largest absolute Gasteiger partial charge is 0.429 e. The Labute approximate surface area is 79.9 Å². The monoisotopic (exact) mass is 195 g/mol. The van der Waals surface area contributed by atoms with Crippen molar-refractivity contribution in [2.75, 3.05) is 0 Å². The lowest BCUT2D eigenvalue weighted by Gasteiger charge is -2.08. The Bertz CT molecular complexity index is 385. The molecule has 1 fully saturated rings. The van der Waals surface area contributed by atoms with E-state index >= 15 is 0 Å². The first-order valence-corrected chi connectivity index (χ1v) is 4.24. The molecule has 0 spiro atoms. The van der Waals surface area contributed by atoms with Gasteiger partial charge in [-0.1, -0.05) is 0 Å². The van der Waals surface area contributed by atoms with Gasteiger partial charge in [-0.15, -0.1) is 0 Å². The minimum atomic E-state index is -0.857. The highest BCUT2D eigenvalue weighted by Crippen LogP contribution is 2.21. The van der Waals surface area contributed by atoms with Crippen molar-refractivity contribution >= 4 is 12.0 Å². The molecule has 14 heavy (non-hydrogen) atoms. The summed E-state index contributed by atoms with van der Waals surface area (Å²) in [7, 11) is 0. The van der Waals surface area contributed by atoms with Crippen molar-refractivity contribution in [3.8, 4) is 0 Å². The molecular weight excluding hydrogens is 186 g/mol. The number of aryl methyl sites for hydroxylation is 1. The second kappa shape index (κ2) is 3.13. The molecule has 0 saturated carbocycles. The summed E-state index contributed by atoms with van der Waals surface area (Å²) >= 11 is 0. The lowest BCUT2D eigenvalue weighted by Crippen LogP contribution is -2.21. The van der Waals surface area contributed by atoms with Crippen molar-refractivity contribution in [3.63, 3.8) is 0 Å². The van der Waals surface area contributed by atoms with Gasteiger partial charge in [0.1, 0.15) is 0 Å². The van der Waals surface area contributed by atoms with Gasteiger partial charge in [-0.3, -0.25) is 10.1 Å². The number of alkyl carbamates (subject to hydrolysis) is 1. The fourth-order valence-electron chi connectivity index (χ4n) is 1.36. The van der Waals surface area contributed by atoms with E-state index in [1.807, 2.05) is 6.92 Å². The minimum Gasteiger partial charge on any atom is -0.429 e. The normalized spacial score (nSPS) is 20.8. The molecule has 2 rings (SSSR count). The average Bonchev–Trinajstić information content (AvgIpc) is 2.71. The van der Waals surface area contributed by atoms with Crippen LogP contribution in [-0.2, 0) is 16.1 Å². The molecule has 6 nitrogen and oxygen atoms in total. The molecule has 0 radical (unpaired) electrons. The molecule has 0 bridgehead atoms. The number of hydrogen-bond acceptors (Lipinski definition) is 4. The van der Waals surface area contributed by atoms with Crippen LogP contribution in [0.2, 0.25) is 0 Å². The number of nitrogens with one attached hydrogen (secondary N) is 1. The first-order chi connectivity index (χ1) is 6.72. The second-order valence-electron chi connectivity index (χ2n) is 2.88. The van der Waals surface area contributed by atoms with Crippen LogP contribution in [0.3, 0.4) is 0 Å². The number of imide groups is 1. The number of amides is 2. The number of aromatic nitrogens is 2. The van der Waals surface area contributed by atoms with E-state index in [9.17, 15) is 9.59 Å². The molecule has 74 valence electrons. The molecule has 1 aliphatic heterocycles. The Hall–Kier alpha value is -1.85. The number of hydrogen-bond donors (Lipinski definition) is 1. The van der Waals surface area contributed by atoms with E-state index in [1.54, 1.807) is 10.9 Å². The van der Waals surface area contributed by atoms with E-state index < -0.39 is 18.1 Å². The Morgan fingerprint density at radius 2 is 2.43 bits per heavy atom. The molecule has 1 aromatic rings. The lowest BCUT2D eigenvalue weighted by molar-refractivity contribution is -0.123. The molecule has 1 atom stereocenters. The molecule has 6 heteroatoms. The lowest BCUT2D eigenvalue weighted by atomic mass is 10.2. The minimum absolute atomic E-state index is 0.440. The standard InChI is InChI=1S/C8H9N3O3/c1-2-11-4-9-3-5(11)6-7(12)10-8(13)14-6/h3-4,6H,2H2,1H3,(H,10,12,13). The topological polar surface area (TPSA) is 73.2 Å². The van der Waals surface area contributed by atoms with Gasteiger partial charge >= 0.3 is 6.09 Å². The summed E-state index contributed by atoms with van der Waals surface area (Å²) < 4.78 is 6.55. The molecule has 1 aliphatic rings. The Kier molecular flexibility index (Phi) is 1.95. The van der Waals surface area contributed by atoms with Crippen molar-refractivity contribution in [2.24, 2.45) is 0 Å². The predicted molar refractivity (Wildman–Crippen MR) is 45.3 cm³/mol. The fourth-order valence-corrected chi connectivity index (χ4v) is 1.36. The molecular formula is C8H9N3O3. The van der Waals surface area contributed by atoms with Crippen LogP contribution in [0.15, 0.2) is 12.5 Å². The quantitative estimate of drug-likeness (QED) is 0.732. The number of nitrogens with zero attached hydrogens (tertiary/aromatic N) is 2. The highest BCUT2D eigenvalue weighted by molar-refractivity contribution is 6.00. The van der Waals surface area contributed by atoms with E-state index in [-0.39, 0.29) is 0 Å². The van der Waals surface area contributed by atoms with Crippen LogP contribution in [0.1, 0.15) is 18.7 Å². The number of cyclic esters (lactones) is 1. The van der Waals surface area contributed by atoms with Crippen LogP contribution in [0.4, 0.5) is 4.79 Å². The first kappa shape index (κ1) is 8.74. The van der Waals surface area contributed by atoms with Crippen molar-refractivity contribution in [3.05, 3.63) is 18.2 Å². The number of rotatable bonds is 2. The second-order valence-corrected chi connectivity index (χ2v) is 2.88. The van der Waals surface area contributed by atoms with Crippen LogP contribution in [0.5, 0.6) is 0 Å². The Morgan fingerprint density at radius 1 is 1.64 bits per heavy atom. The molecule has 1 N–H and O–H groups in total. The molecule has 0 aromatic carbocycles. The van der Waals surface area contributed by atoms with Gasteiger partial charge in [-0.25, -0.2) is 9.78 Å². The maximum atomic E-state index is 11.3. The Balaban J connectivity index is 2.31. The summed E-state index contributed by atoms with van der Waals surface area (Å²) in [5.41, 5.74) is 0.593. The average molecular weight is 195 g/mol. The first-order valence-electron chi connectivity index (χ1n) is 4.24. The molecule has 1 saturated heterocycles. The molecule has 0 aliphatic carbocycles. The molecule has 2 amide bonds. The summed E-state index contributed by atoms with van der Waals surface area (Å²) in [5.74, 6) is -0.440. The highest BCUT2D eigenvalue weighted by atomic mass is 16.6. The van der Waals surface area contributed by atoms with Gasteiger partial charge < -0.3 is 9.30 Å². The van der Waals surface area contributed by atoms with Crippen LogP contribution in [-0.4, -0.2) is 21.6 Å². The number of carbonyl (C=O) groups excluding carboxylic acids is 2. The smallest absolute Gasteiger partial charge is 0.415 e. The summed E-state index contributed by atoms with van der Waals surface area (Å²) in [4.78, 5) is 25.9. The van der Waals surface area contributed by atoms with Crippen LogP contribution < -0.4 is 5.32 Å². The third kappa shape index (κ3) is 1.24. The van der Waals surface area contributed by atoms with E-state index in [4.69, 9.17) is 4.74 Å². The maximum absolute atomic E-state index is 11.3. The number of imidazole rings is 1. The third-order valence-corrected chi connectivity index (χ3v) is 2.04.